The minimum atomic E-state index is -3.02. The second kappa shape index (κ2) is 7.92. The SMILES string of the molecule is O=C(COC(=O)C1(c2ccc(Cl)cc2)CC1)Nc1ccccc1OC(F)F. The molecule has 0 heterocycles. The van der Waals surface area contributed by atoms with Crippen molar-refractivity contribution in [2.24, 2.45) is 0 Å². The molecule has 1 aliphatic carbocycles. The first-order valence-electron chi connectivity index (χ1n) is 8.18. The van der Waals surface area contributed by atoms with E-state index in [9.17, 15) is 18.4 Å². The maximum atomic E-state index is 12.4. The highest BCUT2D eigenvalue weighted by atomic mass is 35.5. The largest absolute Gasteiger partial charge is 0.455 e. The van der Waals surface area contributed by atoms with Crippen LogP contribution in [0.4, 0.5) is 14.5 Å². The maximum Gasteiger partial charge on any atom is 0.387 e. The van der Waals surface area contributed by atoms with Gasteiger partial charge in [-0.1, -0.05) is 35.9 Å². The van der Waals surface area contributed by atoms with E-state index in [0.29, 0.717) is 17.9 Å². The van der Waals surface area contributed by atoms with Crippen molar-refractivity contribution in [3.8, 4) is 5.75 Å². The Labute approximate surface area is 159 Å². The molecule has 8 heteroatoms. The van der Waals surface area contributed by atoms with E-state index in [-0.39, 0.29) is 11.4 Å². The van der Waals surface area contributed by atoms with E-state index < -0.39 is 30.5 Å². The summed E-state index contributed by atoms with van der Waals surface area (Å²) < 4.78 is 34.3. The molecule has 1 fully saturated rings. The van der Waals surface area contributed by atoms with E-state index in [1.807, 2.05) is 0 Å². The van der Waals surface area contributed by atoms with Gasteiger partial charge in [-0.2, -0.15) is 8.78 Å². The summed E-state index contributed by atoms with van der Waals surface area (Å²) in [5, 5.41) is 2.96. The zero-order valence-electron chi connectivity index (χ0n) is 14.1. The van der Waals surface area contributed by atoms with Crippen LogP contribution in [0.25, 0.3) is 0 Å². The van der Waals surface area contributed by atoms with Crippen molar-refractivity contribution in [3.05, 3.63) is 59.1 Å². The summed E-state index contributed by atoms with van der Waals surface area (Å²) in [4.78, 5) is 24.5. The fourth-order valence-electron chi connectivity index (χ4n) is 2.73. The van der Waals surface area contributed by atoms with E-state index >= 15 is 0 Å². The number of hydrogen-bond acceptors (Lipinski definition) is 4. The van der Waals surface area contributed by atoms with E-state index in [1.165, 1.54) is 18.2 Å². The van der Waals surface area contributed by atoms with Crippen molar-refractivity contribution >= 4 is 29.2 Å². The number of esters is 1. The van der Waals surface area contributed by atoms with Crippen LogP contribution in [0.2, 0.25) is 5.02 Å². The van der Waals surface area contributed by atoms with Crippen molar-refractivity contribution in [2.75, 3.05) is 11.9 Å². The molecule has 0 aromatic heterocycles. The quantitative estimate of drug-likeness (QED) is 0.715. The lowest BCUT2D eigenvalue weighted by atomic mass is 9.96. The molecule has 1 saturated carbocycles. The second-order valence-electron chi connectivity index (χ2n) is 6.09. The number of rotatable bonds is 7. The monoisotopic (exact) mass is 395 g/mol. The van der Waals surface area contributed by atoms with Gasteiger partial charge in [-0.3, -0.25) is 9.59 Å². The molecule has 3 rings (SSSR count). The van der Waals surface area contributed by atoms with E-state index in [0.717, 1.165) is 5.56 Å². The molecule has 0 radical (unpaired) electrons. The van der Waals surface area contributed by atoms with Crippen LogP contribution in [0.3, 0.4) is 0 Å². The Morgan fingerprint density at radius 3 is 2.41 bits per heavy atom. The van der Waals surface area contributed by atoms with Crippen LogP contribution in [0.5, 0.6) is 5.75 Å². The summed E-state index contributed by atoms with van der Waals surface area (Å²) in [5.74, 6) is -1.33. The Bertz CT molecular complexity index is 838. The second-order valence-corrected chi connectivity index (χ2v) is 6.52. The first kappa shape index (κ1) is 19.1. The van der Waals surface area contributed by atoms with Crippen molar-refractivity contribution in [2.45, 2.75) is 24.9 Å². The molecular formula is C19H16ClF2NO4. The van der Waals surface area contributed by atoms with Crippen LogP contribution < -0.4 is 10.1 Å². The minimum absolute atomic E-state index is 0.0673. The third-order valence-corrected chi connectivity index (χ3v) is 4.50. The van der Waals surface area contributed by atoms with Crippen LogP contribution in [-0.2, 0) is 19.7 Å². The van der Waals surface area contributed by atoms with Gasteiger partial charge in [0.1, 0.15) is 5.75 Å². The van der Waals surface area contributed by atoms with Gasteiger partial charge in [0.2, 0.25) is 0 Å². The number of alkyl halides is 2. The molecule has 2 aromatic rings. The standard InChI is InChI=1S/C19H16ClF2NO4/c20-13-7-5-12(6-8-13)19(9-10-19)17(25)26-11-16(24)23-14-3-1-2-4-15(14)27-18(21)22/h1-8,18H,9-11H2,(H,23,24). The fraction of sp³-hybridized carbons (Fsp3) is 0.263. The van der Waals surface area contributed by atoms with Crippen LogP contribution in [0.15, 0.2) is 48.5 Å². The molecule has 1 N–H and O–H groups in total. The highest BCUT2D eigenvalue weighted by Crippen LogP contribution is 2.49. The number of para-hydroxylation sites is 2. The smallest absolute Gasteiger partial charge is 0.387 e. The first-order chi connectivity index (χ1) is 12.9. The Morgan fingerprint density at radius 1 is 1.11 bits per heavy atom. The predicted molar refractivity (Wildman–Crippen MR) is 95.0 cm³/mol. The molecular weight excluding hydrogens is 380 g/mol. The van der Waals surface area contributed by atoms with Gasteiger partial charge in [0.25, 0.3) is 5.91 Å². The number of hydrogen-bond donors (Lipinski definition) is 1. The lowest BCUT2D eigenvalue weighted by Gasteiger charge is -2.15. The summed E-state index contributed by atoms with van der Waals surface area (Å²) in [6, 6.07) is 12.7. The first-order valence-corrected chi connectivity index (χ1v) is 8.55. The van der Waals surface area contributed by atoms with E-state index in [2.05, 4.69) is 10.1 Å². The summed E-state index contributed by atoms with van der Waals surface area (Å²) in [6.07, 6.45) is 1.25. The van der Waals surface area contributed by atoms with Gasteiger partial charge in [0, 0.05) is 5.02 Å². The van der Waals surface area contributed by atoms with Crippen LogP contribution in [0.1, 0.15) is 18.4 Å². The van der Waals surface area contributed by atoms with Gasteiger partial charge >= 0.3 is 12.6 Å². The number of anilines is 1. The van der Waals surface area contributed by atoms with Crippen molar-refractivity contribution in [1.29, 1.82) is 0 Å². The van der Waals surface area contributed by atoms with Gasteiger partial charge in [-0.05, 0) is 42.7 Å². The Kier molecular flexibility index (Phi) is 5.60. The van der Waals surface area contributed by atoms with Crippen LogP contribution >= 0.6 is 11.6 Å². The Balaban J connectivity index is 1.58. The third-order valence-electron chi connectivity index (χ3n) is 4.25. The molecule has 0 saturated heterocycles. The zero-order valence-corrected chi connectivity index (χ0v) is 14.8. The average molecular weight is 396 g/mol. The summed E-state index contributed by atoms with van der Waals surface area (Å²) in [6.45, 7) is -3.55. The number of nitrogens with one attached hydrogen (secondary N) is 1. The van der Waals surface area contributed by atoms with Crippen molar-refractivity contribution < 1.29 is 27.8 Å². The minimum Gasteiger partial charge on any atom is -0.455 e. The molecule has 0 aliphatic heterocycles. The normalized spacial score (nSPS) is 14.5. The van der Waals surface area contributed by atoms with E-state index in [4.69, 9.17) is 16.3 Å². The molecule has 5 nitrogen and oxygen atoms in total. The number of halogens is 3. The number of ether oxygens (including phenoxy) is 2. The maximum absolute atomic E-state index is 12.4. The molecule has 0 spiro atoms. The highest BCUT2D eigenvalue weighted by Gasteiger charge is 2.52. The Hall–Kier alpha value is -2.67. The molecule has 0 bridgehead atoms. The molecule has 0 unspecified atom stereocenters. The Morgan fingerprint density at radius 2 is 1.78 bits per heavy atom. The van der Waals surface area contributed by atoms with Gasteiger partial charge < -0.3 is 14.8 Å². The number of carbonyl (C=O) groups is 2. The van der Waals surface area contributed by atoms with Gasteiger partial charge in [-0.25, -0.2) is 0 Å². The van der Waals surface area contributed by atoms with Gasteiger partial charge in [0.05, 0.1) is 11.1 Å². The van der Waals surface area contributed by atoms with Gasteiger partial charge in [-0.15, -0.1) is 0 Å². The fourth-order valence-corrected chi connectivity index (χ4v) is 2.85. The topological polar surface area (TPSA) is 64.6 Å². The number of amides is 1. The van der Waals surface area contributed by atoms with Crippen LogP contribution in [0, 0.1) is 0 Å². The number of carbonyl (C=O) groups excluding carboxylic acids is 2. The molecule has 1 amide bonds. The number of benzene rings is 2. The molecule has 0 atom stereocenters. The van der Waals surface area contributed by atoms with E-state index in [1.54, 1.807) is 30.3 Å². The lowest BCUT2D eigenvalue weighted by Crippen LogP contribution is -2.28. The molecule has 142 valence electrons. The van der Waals surface area contributed by atoms with Gasteiger partial charge in [0.15, 0.2) is 6.61 Å². The van der Waals surface area contributed by atoms with Crippen molar-refractivity contribution in [3.63, 3.8) is 0 Å². The summed E-state index contributed by atoms with van der Waals surface area (Å²) >= 11 is 5.86. The average Bonchev–Trinajstić information content (AvgIpc) is 3.43. The predicted octanol–water partition coefficient (Wildman–Crippen LogP) is 4.15. The zero-order chi connectivity index (χ0) is 19.4. The molecule has 27 heavy (non-hydrogen) atoms. The lowest BCUT2D eigenvalue weighted by molar-refractivity contribution is -0.150. The van der Waals surface area contributed by atoms with Crippen molar-refractivity contribution in [1.82, 2.24) is 0 Å². The summed E-state index contributed by atoms with van der Waals surface area (Å²) in [7, 11) is 0. The van der Waals surface area contributed by atoms with Crippen LogP contribution in [-0.4, -0.2) is 25.1 Å². The molecule has 1 aliphatic rings. The summed E-state index contributed by atoms with van der Waals surface area (Å²) in [5.41, 5.74) is 0.104. The highest BCUT2D eigenvalue weighted by molar-refractivity contribution is 6.30. The molecule has 2 aromatic carbocycles. The third kappa shape index (κ3) is 4.54.